The van der Waals surface area contributed by atoms with Gasteiger partial charge >= 0.3 is 0 Å². The zero-order valence-electron chi connectivity index (χ0n) is 14.6. The molecule has 0 bridgehead atoms. The number of rotatable bonds is 6. The van der Waals surface area contributed by atoms with E-state index in [0.717, 1.165) is 44.0 Å². The summed E-state index contributed by atoms with van der Waals surface area (Å²) in [6.45, 7) is 7.90. The van der Waals surface area contributed by atoms with Crippen LogP contribution in [0, 0.1) is 13.8 Å². The molecular weight excluding hydrogens is 302 g/mol. The van der Waals surface area contributed by atoms with Crippen molar-refractivity contribution in [3.8, 4) is 0 Å². The van der Waals surface area contributed by atoms with Crippen LogP contribution in [-0.4, -0.2) is 50.5 Å². The number of pyridine rings is 1. The van der Waals surface area contributed by atoms with Crippen LogP contribution in [0.4, 0.5) is 5.82 Å². The monoisotopic (exact) mass is 329 g/mol. The lowest BCUT2D eigenvalue weighted by Crippen LogP contribution is -2.39. The number of aliphatic hydroxyl groups excluding tert-OH is 1. The number of aryl methyl sites for hydroxylation is 1. The summed E-state index contributed by atoms with van der Waals surface area (Å²) in [5.74, 6) is 1.06. The van der Waals surface area contributed by atoms with Crippen LogP contribution in [0.5, 0.6) is 0 Å². The van der Waals surface area contributed by atoms with E-state index in [1.807, 2.05) is 30.1 Å². The molecule has 0 radical (unpaired) electrons. The molecule has 24 heavy (non-hydrogen) atoms. The summed E-state index contributed by atoms with van der Waals surface area (Å²) in [6.07, 6.45) is 6.00. The van der Waals surface area contributed by atoms with Crippen molar-refractivity contribution in [3.63, 3.8) is 0 Å². The normalized spacial score (nSPS) is 16.5. The SMILES string of the molecule is Cc1nn(CCO)c(NC2CCN(Cc3cccnc3)CC2)c1C. The lowest BCUT2D eigenvalue weighted by atomic mass is 10.0. The van der Waals surface area contributed by atoms with E-state index in [2.05, 4.69) is 33.3 Å². The van der Waals surface area contributed by atoms with Gasteiger partial charge in [-0.25, -0.2) is 4.68 Å². The average Bonchev–Trinajstić information content (AvgIpc) is 2.86. The Kier molecular flexibility index (Phi) is 5.48. The van der Waals surface area contributed by atoms with E-state index in [-0.39, 0.29) is 6.61 Å². The third kappa shape index (κ3) is 3.94. The standard InChI is InChI=1S/C18H27N5O/c1-14-15(2)21-23(10-11-24)18(14)20-17-5-8-22(9-6-17)13-16-4-3-7-19-12-16/h3-4,7,12,17,20,24H,5-6,8-11,13H2,1-2H3. The molecule has 1 fully saturated rings. The molecule has 0 aliphatic carbocycles. The Balaban J connectivity index is 1.56. The van der Waals surface area contributed by atoms with Crippen LogP contribution in [0.1, 0.15) is 29.7 Å². The summed E-state index contributed by atoms with van der Waals surface area (Å²) in [4.78, 5) is 6.68. The van der Waals surface area contributed by atoms with E-state index in [4.69, 9.17) is 0 Å². The van der Waals surface area contributed by atoms with Crippen molar-refractivity contribution in [2.24, 2.45) is 0 Å². The molecule has 0 aromatic carbocycles. The Bertz CT molecular complexity index is 647. The Morgan fingerprint density at radius 1 is 1.29 bits per heavy atom. The van der Waals surface area contributed by atoms with Gasteiger partial charge in [-0.3, -0.25) is 9.88 Å². The van der Waals surface area contributed by atoms with Gasteiger partial charge in [0.2, 0.25) is 0 Å². The lowest BCUT2D eigenvalue weighted by molar-refractivity contribution is 0.210. The zero-order valence-corrected chi connectivity index (χ0v) is 14.6. The first kappa shape index (κ1) is 16.9. The first-order valence-electron chi connectivity index (χ1n) is 8.70. The number of likely N-dealkylation sites (tertiary alicyclic amines) is 1. The topological polar surface area (TPSA) is 66.2 Å². The molecule has 0 unspecified atom stereocenters. The minimum atomic E-state index is 0.110. The van der Waals surface area contributed by atoms with Crippen LogP contribution >= 0.6 is 0 Å². The number of aromatic nitrogens is 3. The summed E-state index contributed by atoms with van der Waals surface area (Å²) >= 11 is 0. The van der Waals surface area contributed by atoms with Gasteiger partial charge in [-0.05, 0) is 38.3 Å². The second-order valence-electron chi connectivity index (χ2n) is 6.56. The van der Waals surface area contributed by atoms with Gasteiger partial charge in [0.15, 0.2) is 0 Å². The van der Waals surface area contributed by atoms with Crippen LogP contribution in [0.25, 0.3) is 0 Å². The molecule has 0 atom stereocenters. The first-order valence-corrected chi connectivity index (χ1v) is 8.70. The third-order valence-electron chi connectivity index (χ3n) is 4.80. The number of nitrogens with one attached hydrogen (secondary N) is 1. The molecule has 3 rings (SSSR count). The predicted octanol–water partition coefficient (Wildman–Crippen LogP) is 1.96. The number of aliphatic hydroxyl groups is 1. The Morgan fingerprint density at radius 2 is 2.08 bits per heavy atom. The Labute approximate surface area is 143 Å². The van der Waals surface area contributed by atoms with E-state index >= 15 is 0 Å². The number of hydrogen-bond donors (Lipinski definition) is 2. The highest BCUT2D eigenvalue weighted by Gasteiger charge is 2.21. The smallest absolute Gasteiger partial charge is 0.127 e. The van der Waals surface area contributed by atoms with Gasteiger partial charge in [-0.1, -0.05) is 6.07 Å². The molecule has 0 saturated carbocycles. The van der Waals surface area contributed by atoms with Crippen molar-refractivity contribution >= 4 is 5.82 Å². The highest BCUT2D eigenvalue weighted by Crippen LogP contribution is 2.23. The summed E-state index contributed by atoms with van der Waals surface area (Å²) in [6, 6.07) is 4.59. The molecule has 0 amide bonds. The molecular formula is C18H27N5O. The minimum absolute atomic E-state index is 0.110. The second-order valence-corrected chi connectivity index (χ2v) is 6.56. The molecule has 6 heteroatoms. The molecule has 0 spiro atoms. The van der Waals surface area contributed by atoms with Gasteiger partial charge < -0.3 is 10.4 Å². The fourth-order valence-corrected chi connectivity index (χ4v) is 3.29. The first-order chi connectivity index (χ1) is 11.7. The van der Waals surface area contributed by atoms with E-state index in [9.17, 15) is 5.11 Å². The van der Waals surface area contributed by atoms with Gasteiger partial charge in [-0.2, -0.15) is 5.10 Å². The van der Waals surface area contributed by atoms with E-state index < -0.39 is 0 Å². The molecule has 2 aromatic heterocycles. The quantitative estimate of drug-likeness (QED) is 0.848. The molecule has 2 aromatic rings. The minimum Gasteiger partial charge on any atom is -0.394 e. The van der Waals surface area contributed by atoms with Crippen molar-refractivity contribution in [2.75, 3.05) is 25.0 Å². The van der Waals surface area contributed by atoms with Crippen LogP contribution in [0.15, 0.2) is 24.5 Å². The fraction of sp³-hybridized carbons (Fsp3) is 0.556. The molecule has 1 aliphatic heterocycles. The highest BCUT2D eigenvalue weighted by atomic mass is 16.3. The van der Waals surface area contributed by atoms with Crippen molar-refractivity contribution in [2.45, 2.75) is 45.8 Å². The summed E-state index contributed by atoms with van der Waals surface area (Å²) < 4.78 is 1.90. The average molecular weight is 329 g/mol. The van der Waals surface area contributed by atoms with Crippen molar-refractivity contribution in [1.29, 1.82) is 0 Å². The third-order valence-corrected chi connectivity index (χ3v) is 4.80. The Hall–Kier alpha value is -1.92. The van der Waals surface area contributed by atoms with Crippen LogP contribution in [0.3, 0.4) is 0 Å². The van der Waals surface area contributed by atoms with E-state index in [1.165, 1.54) is 11.1 Å². The van der Waals surface area contributed by atoms with Crippen molar-refractivity contribution in [1.82, 2.24) is 19.7 Å². The van der Waals surface area contributed by atoms with Gasteiger partial charge in [-0.15, -0.1) is 0 Å². The summed E-state index contributed by atoms with van der Waals surface area (Å²) in [7, 11) is 0. The lowest BCUT2D eigenvalue weighted by Gasteiger charge is -2.33. The van der Waals surface area contributed by atoms with E-state index in [1.54, 1.807) is 0 Å². The molecule has 1 aliphatic rings. The van der Waals surface area contributed by atoms with Crippen LogP contribution in [0.2, 0.25) is 0 Å². The largest absolute Gasteiger partial charge is 0.394 e. The van der Waals surface area contributed by atoms with Crippen LogP contribution in [-0.2, 0) is 13.1 Å². The Morgan fingerprint density at radius 3 is 2.75 bits per heavy atom. The van der Waals surface area contributed by atoms with Crippen LogP contribution < -0.4 is 5.32 Å². The maximum atomic E-state index is 9.22. The number of anilines is 1. The molecule has 2 N–H and O–H groups in total. The van der Waals surface area contributed by atoms with Crippen molar-refractivity contribution < 1.29 is 5.11 Å². The molecule has 130 valence electrons. The number of nitrogens with zero attached hydrogens (tertiary/aromatic N) is 4. The predicted molar refractivity (Wildman–Crippen MR) is 94.9 cm³/mol. The maximum Gasteiger partial charge on any atom is 0.127 e. The van der Waals surface area contributed by atoms with Gasteiger partial charge in [0.05, 0.1) is 18.8 Å². The van der Waals surface area contributed by atoms with Crippen molar-refractivity contribution in [3.05, 3.63) is 41.3 Å². The van der Waals surface area contributed by atoms with E-state index in [0.29, 0.717) is 12.6 Å². The highest BCUT2D eigenvalue weighted by molar-refractivity contribution is 5.47. The zero-order chi connectivity index (χ0) is 16.9. The van der Waals surface area contributed by atoms with Gasteiger partial charge in [0.25, 0.3) is 0 Å². The molecule has 1 saturated heterocycles. The number of piperidine rings is 1. The molecule has 3 heterocycles. The maximum absolute atomic E-state index is 9.22. The number of hydrogen-bond acceptors (Lipinski definition) is 5. The van der Waals surface area contributed by atoms with Gasteiger partial charge in [0, 0.05) is 43.6 Å². The summed E-state index contributed by atoms with van der Waals surface area (Å²) in [5, 5.41) is 17.4. The second kappa shape index (κ2) is 7.77. The van der Waals surface area contributed by atoms with Gasteiger partial charge in [0.1, 0.15) is 5.82 Å². The fourth-order valence-electron chi connectivity index (χ4n) is 3.29. The molecule has 6 nitrogen and oxygen atoms in total. The summed E-state index contributed by atoms with van der Waals surface area (Å²) in [5.41, 5.74) is 3.48.